The number of para-hydroxylation sites is 4. The number of rotatable bonds is 11. The zero-order chi connectivity index (χ0) is 53.9. The maximum atomic E-state index is 13.8. The van der Waals surface area contributed by atoms with Crippen molar-refractivity contribution in [2.45, 2.75) is 6.92 Å². The van der Waals surface area contributed by atoms with Crippen molar-refractivity contribution in [3.05, 3.63) is 156 Å². The third kappa shape index (κ3) is 11.6. The van der Waals surface area contributed by atoms with E-state index in [0.29, 0.717) is 92.9 Å². The van der Waals surface area contributed by atoms with Gasteiger partial charge in [0.2, 0.25) is 0 Å². The van der Waals surface area contributed by atoms with Gasteiger partial charge < -0.3 is 35.6 Å². The lowest BCUT2D eigenvalue weighted by atomic mass is 9.89. The van der Waals surface area contributed by atoms with Crippen LogP contribution in [0.1, 0.15) is 48.4 Å². The minimum absolute atomic E-state index is 0.237. The Morgan fingerprint density at radius 2 is 1.03 bits per heavy atom. The minimum atomic E-state index is -0.297. The quantitative estimate of drug-likeness (QED) is 0.0365. The monoisotopic (exact) mass is 1040 g/mol. The lowest BCUT2D eigenvalue weighted by Crippen LogP contribution is -2.43. The fourth-order valence-corrected chi connectivity index (χ4v) is 9.24. The molecule has 2 aliphatic rings. The maximum absolute atomic E-state index is 13.8. The molecule has 0 aliphatic carbocycles. The van der Waals surface area contributed by atoms with E-state index in [1.165, 1.54) is 16.7 Å². The van der Waals surface area contributed by atoms with Crippen LogP contribution in [0.25, 0.3) is 43.1 Å². The van der Waals surface area contributed by atoms with Crippen LogP contribution in [0.5, 0.6) is 11.5 Å². The second-order valence-electron chi connectivity index (χ2n) is 17.7. The molecule has 2 heterocycles. The molecule has 0 bridgehead atoms. The highest BCUT2D eigenvalue weighted by Crippen LogP contribution is 2.40. The van der Waals surface area contributed by atoms with E-state index < -0.39 is 0 Å². The van der Waals surface area contributed by atoms with E-state index >= 15 is 0 Å². The highest BCUT2D eigenvalue weighted by molar-refractivity contribution is 7.80. The predicted molar refractivity (Wildman–Crippen MR) is 307 cm³/mol. The van der Waals surface area contributed by atoms with Crippen LogP contribution in [0.2, 0.25) is 0 Å². The lowest BCUT2D eigenvalue weighted by Gasteiger charge is -2.29. The smallest absolute Gasteiger partial charge is 0.262 e. The number of likely N-dealkylation sites (N-methyl/N-ethyl adjacent to an activating group) is 2. The number of methoxy groups -OCH3 is 2. The molecule has 75 heavy (non-hydrogen) atoms. The molecule has 0 spiro atoms. The predicted octanol–water partition coefficient (Wildman–Crippen LogP) is 10.7. The van der Waals surface area contributed by atoms with Crippen molar-refractivity contribution in [1.82, 2.24) is 19.6 Å². The molecular formula is C58H55N9O6S2. The van der Waals surface area contributed by atoms with Gasteiger partial charge in [0.25, 0.3) is 23.6 Å². The Hall–Kier alpha value is -8.62. The molecule has 380 valence electrons. The SMILES string of the molecule is CC#N.CN(C)CCN1C(=O)c2cccc3cc4cccc(N)c4c(c23)C1=O.COc1ccccc1N=C=S.COc1ccccc1NC(=S)Nc1cccc2cc3cccc4c3c(c12)C(=O)N(CCN(C)C)C4=O. The highest BCUT2D eigenvalue weighted by Gasteiger charge is 2.36. The summed E-state index contributed by atoms with van der Waals surface area (Å²) < 4.78 is 10.4. The molecule has 4 N–H and O–H groups in total. The molecule has 0 saturated carbocycles. The Bertz CT molecular complexity index is 3630. The molecule has 0 atom stereocenters. The molecule has 0 saturated heterocycles. The molecular weight excluding hydrogens is 983 g/mol. The van der Waals surface area contributed by atoms with Crippen LogP contribution in [-0.2, 0) is 0 Å². The van der Waals surface area contributed by atoms with Crippen molar-refractivity contribution in [3.63, 3.8) is 0 Å². The van der Waals surface area contributed by atoms with Gasteiger partial charge in [-0.1, -0.05) is 72.8 Å². The van der Waals surface area contributed by atoms with Gasteiger partial charge in [-0.2, -0.15) is 10.3 Å². The van der Waals surface area contributed by atoms with E-state index in [2.05, 4.69) is 33.0 Å². The summed E-state index contributed by atoms with van der Waals surface area (Å²) in [5.74, 6) is 0.310. The van der Waals surface area contributed by atoms with E-state index in [1.54, 1.807) is 38.5 Å². The van der Waals surface area contributed by atoms with Gasteiger partial charge >= 0.3 is 0 Å². The fraction of sp³-hybridized carbons (Fsp3) is 0.190. The molecule has 0 fully saturated rings. The summed E-state index contributed by atoms with van der Waals surface area (Å²) in [5, 5.41) is 22.8. The fourth-order valence-electron chi connectivity index (χ4n) is 8.93. The maximum Gasteiger partial charge on any atom is 0.262 e. The number of nitrogen functional groups attached to an aromatic ring is 1. The Morgan fingerprint density at radius 3 is 1.55 bits per heavy atom. The summed E-state index contributed by atoms with van der Waals surface area (Å²) in [6.45, 7) is 3.28. The van der Waals surface area contributed by atoms with E-state index in [4.69, 9.17) is 32.7 Å². The molecule has 10 rings (SSSR count). The summed E-state index contributed by atoms with van der Waals surface area (Å²) in [4.78, 5) is 63.7. The second kappa shape index (κ2) is 24.4. The van der Waals surface area contributed by atoms with Crippen molar-refractivity contribution in [1.29, 1.82) is 5.26 Å². The van der Waals surface area contributed by atoms with E-state index in [-0.39, 0.29) is 23.6 Å². The van der Waals surface area contributed by atoms with E-state index in [0.717, 1.165) is 38.0 Å². The van der Waals surface area contributed by atoms with Crippen molar-refractivity contribution >= 4 is 124 Å². The average Bonchev–Trinajstić information content (AvgIpc) is 3.40. The number of ether oxygens (including phenoxy) is 2. The molecule has 0 aromatic heterocycles. The molecule has 17 heteroatoms. The number of aliphatic imine (C=N–C) groups is 1. The first-order valence-corrected chi connectivity index (χ1v) is 24.5. The number of nitriles is 1. The van der Waals surface area contributed by atoms with Gasteiger partial charge in [-0.15, -0.1) is 0 Å². The zero-order valence-electron chi connectivity index (χ0n) is 42.6. The Balaban J connectivity index is 0.000000181. The van der Waals surface area contributed by atoms with Gasteiger partial charge in [-0.05, 0) is 135 Å². The number of nitrogens with two attached hydrogens (primary N) is 1. The van der Waals surface area contributed by atoms with Crippen LogP contribution in [0, 0.1) is 11.3 Å². The van der Waals surface area contributed by atoms with Crippen LogP contribution >= 0.6 is 24.4 Å². The molecule has 0 radical (unpaired) electrons. The van der Waals surface area contributed by atoms with Crippen molar-refractivity contribution in [3.8, 4) is 17.6 Å². The van der Waals surface area contributed by atoms with E-state index in [1.807, 2.05) is 153 Å². The number of nitrogens with one attached hydrogen (secondary N) is 2. The van der Waals surface area contributed by atoms with Gasteiger partial charge in [0.1, 0.15) is 17.2 Å². The van der Waals surface area contributed by atoms with Crippen LogP contribution in [0.15, 0.2) is 138 Å². The first kappa shape index (κ1) is 54.2. The number of amides is 4. The summed E-state index contributed by atoms with van der Waals surface area (Å²) in [7, 11) is 10.9. The number of fused-ring (bicyclic) bond motifs is 4. The number of imide groups is 2. The van der Waals surface area contributed by atoms with Crippen LogP contribution in [-0.4, -0.2) is 122 Å². The molecule has 8 aromatic carbocycles. The summed E-state index contributed by atoms with van der Waals surface area (Å²) in [5.41, 5.74) is 11.0. The second-order valence-corrected chi connectivity index (χ2v) is 18.3. The minimum Gasteiger partial charge on any atom is -0.495 e. The average molecular weight is 1040 g/mol. The first-order chi connectivity index (χ1) is 36.2. The first-order valence-electron chi connectivity index (χ1n) is 23.6. The third-order valence-electron chi connectivity index (χ3n) is 12.3. The lowest BCUT2D eigenvalue weighted by molar-refractivity contribution is 0.0587. The zero-order valence-corrected chi connectivity index (χ0v) is 44.2. The summed E-state index contributed by atoms with van der Waals surface area (Å²) in [6.07, 6.45) is 0. The summed E-state index contributed by atoms with van der Waals surface area (Å²) in [6, 6.07) is 43.2. The molecule has 8 aromatic rings. The van der Waals surface area contributed by atoms with Gasteiger partial charge in [-0.3, -0.25) is 29.0 Å². The van der Waals surface area contributed by atoms with Gasteiger partial charge in [0.05, 0.1) is 42.3 Å². The van der Waals surface area contributed by atoms with Crippen LogP contribution in [0.3, 0.4) is 0 Å². The van der Waals surface area contributed by atoms with Crippen molar-refractivity contribution < 1.29 is 28.7 Å². The van der Waals surface area contributed by atoms with Gasteiger partial charge in [-0.25, -0.2) is 0 Å². The third-order valence-corrected chi connectivity index (χ3v) is 12.6. The van der Waals surface area contributed by atoms with Gasteiger partial charge in [0.15, 0.2) is 5.11 Å². The largest absolute Gasteiger partial charge is 0.495 e. The molecule has 15 nitrogen and oxygen atoms in total. The normalized spacial score (nSPS) is 12.3. The number of isothiocyanates is 1. The Labute approximate surface area is 445 Å². The Kier molecular flexibility index (Phi) is 17.6. The van der Waals surface area contributed by atoms with Crippen molar-refractivity contribution in [2.75, 3.05) is 85.0 Å². The number of hydrogen-bond donors (Lipinski definition) is 3. The summed E-state index contributed by atoms with van der Waals surface area (Å²) >= 11 is 10.1. The number of carbonyl (C=O) groups is 4. The number of nitrogens with zero attached hydrogens (tertiary/aromatic N) is 6. The standard InChI is InChI=1S/C28H26N4O3S.C20H19N3O2.C8H7NOS.C2H3N/c1-31(2)14-15-32-26(33)19-10-6-8-17-16-18-9-7-12-21(24(18)25(23(17)19)27(32)34)30-28(36)29-20-11-4-5-13-22(20)35-3;1-22(2)9-10-23-19(24)14-7-3-5-12-11-13-6-4-8-15(21)17(13)18(16(12)14)20(23)25;1-10-8-5-3-2-4-7(8)9-6-11;1-2-3/h4-13,16H,14-15H2,1-3H3,(H2,29,30,36);3-8,11H,9-10,21H2,1-2H3;2-5H,1H3;1H3. The molecule has 4 amide bonds. The van der Waals surface area contributed by atoms with Gasteiger partial charge in [0, 0.05) is 77.1 Å². The number of carbonyl (C=O) groups excluding carboxylic acids is 4. The highest BCUT2D eigenvalue weighted by atomic mass is 32.1. The topological polar surface area (TPSA) is 186 Å². The number of thiocarbonyl (C=S) groups is 2. The number of anilines is 3. The Morgan fingerprint density at radius 1 is 0.600 bits per heavy atom. The molecule has 0 unspecified atom stereocenters. The van der Waals surface area contributed by atoms with Crippen LogP contribution in [0.4, 0.5) is 22.7 Å². The molecule has 2 aliphatic heterocycles. The number of hydrogen-bond acceptors (Lipinski definition) is 13. The van der Waals surface area contributed by atoms with Crippen LogP contribution < -0.4 is 25.8 Å². The van der Waals surface area contributed by atoms with E-state index in [9.17, 15) is 19.2 Å². The van der Waals surface area contributed by atoms with Crippen molar-refractivity contribution in [2.24, 2.45) is 4.99 Å². The number of benzene rings is 8.